The Balaban J connectivity index is 1.58. The highest BCUT2D eigenvalue weighted by Crippen LogP contribution is 2.32. The summed E-state index contributed by atoms with van der Waals surface area (Å²) in [6.07, 6.45) is 2.41. The number of hydrogen-bond donors (Lipinski definition) is 1. The van der Waals surface area contributed by atoms with Crippen LogP contribution in [0.2, 0.25) is 0 Å². The van der Waals surface area contributed by atoms with E-state index >= 15 is 0 Å². The predicted octanol–water partition coefficient (Wildman–Crippen LogP) is 4.20. The molecule has 1 heterocycles. The zero-order chi connectivity index (χ0) is 19.1. The van der Waals surface area contributed by atoms with Crippen molar-refractivity contribution >= 4 is 17.6 Å². The van der Waals surface area contributed by atoms with E-state index in [1.165, 1.54) is 6.08 Å². The molecule has 1 fully saturated rings. The van der Waals surface area contributed by atoms with Gasteiger partial charge in [-0.3, -0.25) is 0 Å². The lowest BCUT2D eigenvalue weighted by atomic mass is 9.85. The molecule has 1 aliphatic heterocycles. The maximum atomic E-state index is 12.3. The number of allylic oxidation sites excluding steroid dienone is 1. The summed E-state index contributed by atoms with van der Waals surface area (Å²) in [5.74, 6) is -0.833. The van der Waals surface area contributed by atoms with Gasteiger partial charge < -0.3 is 14.7 Å². The number of carbonyl (C=O) groups excluding carboxylic acids is 1. The molecular formula is C22H23NO4. The number of likely N-dealkylation sites (tertiary alicyclic amines) is 1. The van der Waals surface area contributed by atoms with Crippen LogP contribution in [0.3, 0.4) is 0 Å². The average molecular weight is 365 g/mol. The summed E-state index contributed by atoms with van der Waals surface area (Å²) in [6.45, 7) is 1.37. The molecule has 1 saturated heterocycles. The van der Waals surface area contributed by atoms with Crippen LogP contribution in [0.1, 0.15) is 24.0 Å². The maximum absolute atomic E-state index is 12.3. The highest BCUT2D eigenvalue weighted by molar-refractivity contribution is 5.90. The molecule has 140 valence electrons. The van der Waals surface area contributed by atoms with Crippen LogP contribution in [-0.4, -0.2) is 35.2 Å². The lowest BCUT2D eigenvalue weighted by Crippen LogP contribution is -2.39. The first-order valence-corrected chi connectivity index (χ1v) is 9.09. The summed E-state index contributed by atoms with van der Waals surface area (Å²) >= 11 is 0. The summed E-state index contributed by atoms with van der Waals surface area (Å²) < 4.78 is 5.39. The number of carboxylic acid groups (broad SMARTS) is 1. The molecule has 0 saturated carbocycles. The van der Waals surface area contributed by atoms with Gasteiger partial charge in [0.25, 0.3) is 0 Å². The van der Waals surface area contributed by atoms with Gasteiger partial charge in [0.15, 0.2) is 0 Å². The zero-order valence-corrected chi connectivity index (χ0v) is 15.1. The van der Waals surface area contributed by atoms with E-state index in [2.05, 4.69) is 0 Å². The van der Waals surface area contributed by atoms with Crippen LogP contribution in [0, 0.1) is 5.92 Å². The molecule has 2 aromatic rings. The number of amides is 1. The van der Waals surface area contributed by atoms with Crippen molar-refractivity contribution in [3.05, 3.63) is 77.9 Å². The number of rotatable bonds is 5. The Kier molecular flexibility index (Phi) is 6.26. The number of benzene rings is 2. The van der Waals surface area contributed by atoms with E-state index in [0.717, 1.165) is 16.7 Å². The highest BCUT2D eigenvalue weighted by atomic mass is 16.6. The van der Waals surface area contributed by atoms with Crippen molar-refractivity contribution in [3.8, 4) is 0 Å². The van der Waals surface area contributed by atoms with Gasteiger partial charge in [-0.25, -0.2) is 9.59 Å². The Morgan fingerprint density at radius 1 is 1.00 bits per heavy atom. The molecule has 0 spiro atoms. The van der Waals surface area contributed by atoms with E-state index in [4.69, 9.17) is 4.74 Å². The predicted molar refractivity (Wildman–Crippen MR) is 103 cm³/mol. The Hall–Kier alpha value is -3.08. The zero-order valence-electron chi connectivity index (χ0n) is 15.1. The van der Waals surface area contributed by atoms with Crippen LogP contribution >= 0.6 is 0 Å². The number of aliphatic carboxylic acids is 1. The molecule has 1 amide bonds. The van der Waals surface area contributed by atoms with E-state index in [9.17, 15) is 14.7 Å². The monoisotopic (exact) mass is 365 g/mol. The van der Waals surface area contributed by atoms with Gasteiger partial charge in [0.05, 0.1) is 0 Å². The fourth-order valence-electron chi connectivity index (χ4n) is 3.38. The van der Waals surface area contributed by atoms with Crippen molar-refractivity contribution in [3.63, 3.8) is 0 Å². The second-order valence-electron chi connectivity index (χ2n) is 6.61. The lowest BCUT2D eigenvalue weighted by molar-refractivity contribution is -0.131. The number of ether oxygens (including phenoxy) is 1. The van der Waals surface area contributed by atoms with E-state index in [1.807, 2.05) is 60.7 Å². The molecule has 0 atom stereocenters. The quantitative estimate of drug-likeness (QED) is 0.806. The molecular weight excluding hydrogens is 342 g/mol. The molecule has 5 heteroatoms. The standard InChI is InChI=1S/C22H23NO4/c24-21(25)15-20(18-9-5-2-6-10-18)19-11-13-23(14-12-19)22(26)27-16-17-7-3-1-4-8-17/h1-10,15,19H,11-14,16H2,(H,24,25). The summed E-state index contributed by atoms with van der Waals surface area (Å²) in [5, 5.41) is 9.23. The highest BCUT2D eigenvalue weighted by Gasteiger charge is 2.27. The first-order valence-electron chi connectivity index (χ1n) is 9.09. The van der Waals surface area contributed by atoms with Crippen molar-refractivity contribution < 1.29 is 19.4 Å². The average Bonchev–Trinajstić information content (AvgIpc) is 2.72. The summed E-state index contributed by atoms with van der Waals surface area (Å²) in [4.78, 5) is 25.2. The normalized spacial score (nSPS) is 15.4. The minimum atomic E-state index is -0.946. The lowest BCUT2D eigenvalue weighted by Gasteiger charge is -2.32. The smallest absolute Gasteiger partial charge is 0.410 e. The van der Waals surface area contributed by atoms with Crippen LogP contribution < -0.4 is 0 Å². The minimum absolute atomic E-state index is 0.113. The molecule has 1 N–H and O–H groups in total. The van der Waals surface area contributed by atoms with Crippen molar-refractivity contribution in [1.82, 2.24) is 4.90 Å². The molecule has 2 aromatic carbocycles. The Bertz CT molecular complexity index is 794. The van der Waals surface area contributed by atoms with Crippen molar-refractivity contribution in [2.24, 2.45) is 5.92 Å². The minimum Gasteiger partial charge on any atom is -0.478 e. The SMILES string of the molecule is O=C(O)C=C(c1ccccc1)C1CCN(C(=O)OCc2ccccc2)CC1. The van der Waals surface area contributed by atoms with Gasteiger partial charge in [-0.15, -0.1) is 0 Å². The topological polar surface area (TPSA) is 66.8 Å². The largest absolute Gasteiger partial charge is 0.478 e. The number of carbonyl (C=O) groups is 2. The van der Waals surface area contributed by atoms with Gasteiger partial charge in [0.2, 0.25) is 0 Å². The Morgan fingerprint density at radius 2 is 1.59 bits per heavy atom. The van der Waals surface area contributed by atoms with E-state index in [1.54, 1.807) is 4.90 Å². The molecule has 0 aromatic heterocycles. The van der Waals surface area contributed by atoms with Crippen LogP contribution in [0.5, 0.6) is 0 Å². The fourth-order valence-corrected chi connectivity index (χ4v) is 3.38. The third-order valence-corrected chi connectivity index (χ3v) is 4.78. The first kappa shape index (κ1) is 18.7. The molecule has 27 heavy (non-hydrogen) atoms. The molecule has 1 aliphatic rings. The summed E-state index contributed by atoms with van der Waals surface area (Å²) in [6, 6.07) is 19.2. The van der Waals surface area contributed by atoms with E-state index in [0.29, 0.717) is 25.9 Å². The van der Waals surface area contributed by atoms with Crippen LogP contribution in [0.25, 0.3) is 5.57 Å². The first-order chi connectivity index (χ1) is 13.1. The number of carboxylic acids is 1. The van der Waals surface area contributed by atoms with Gasteiger partial charge in [-0.05, 0) is 35.5 Å². The van der Waals surface area contributed by atoms with Crippen LogP contribution in [0.4, 0.5) is 4.79 Å². The van der Waals surface area contributed by atoms with Gasteiger partial charge in [-0.2, -0.15) is 0 Å². The molecule has 0 radical (unpaired) electrons. The van der Waals surface area contributed by atoms with E-state index in [-0.39, 0.29) is 18.6 Å². The second kappa shape index (κ2) is 9.03. The van der Waals surface area contributed by atoms with Gasteiger partial charge in [0, 0.05) is 19.2 Å². The molecule has 5 nitrogen and oxygen atoms in total. The molecule has 0 aliphatic carbocycles. The van der Waals surface area contributed by atoms with E-state index < -0.39 is 5.97 Å². The second-order valence-corrected chi connectivity index (χ2v) is 6.61. The van der Waals surface area contributed by atoms with Gasteiger partial charge in [-0.1, -0.05) is 60.7 Å². The Labute approximate surface area is 158 Å². The van der Waals surface area contributed by atoms with Crippen molar-refractivity contribution in [2.75, 3.05) is 13.1 Å². The van der Waals surface area contributed by atoms with Crippen molar-refractivity contribution in [2.45, 2.75) is 19.4 Å². The third-order valence-electron chi connectivity index (χ3n) is 4.78. The fraction of sp³-hybridized carbons (Fsp3) is 0.273. The third kappa shape index (κ3) is 5.20. The summed E-state index contributed by atoms with van der Waals surface area (Å²) in [5.41, 5.74) is 2.70. The molecule has 0 bridgehead atoms. The van der Waals surface area contributed by atoms with Crippen LogP contribution in [-0.2, 0) is 16.1 Å². The van der Waals surface area contributed by atoms with Gasteiger partial charge in [0.1, 0.15) is 6.61 Å². The maximum Gasteiger partial charge on any atom is 0.410 e. The summed E-state index contributed by atoms with van der Waals surface area (Å²) in [7, 11) is 0. The molecule has 3 rings (SSSR count). The van der Waals surface area contributed by atoms with Crippen molar-refractivity contribution in [1.29, 1.82) is 0 Å². The van der Waals surface area contributed by atoms with Gasteiger partial charge >= 0.3 is 12.1 Å². The Morgan fingerprint density at radius 3 is 2.19 bits per heavy atom. The number of hydrogen-bond acceptors (Lipinski definition) is 3. The number of piperidine rings is 1. The van der Waals surface area contributed by atoms with Crippen LogP contribution in [0.15, 0.2) is 66.7 Å². The number of nitrogens with zero attached hydrogens (tertiary/aromatic N) is 1. The molecule has 0 unspecified atom stereocenters.